The monoisotopic (exact) mass is 289 g/mol. The van der Waals surface area contributed by atoms with E-state index in [4.69, 9.17) is 5.73 Å². The quantitative estimate of drug-likeness (QED) is 0.829. The van der Waals surface area contributed by atoms with E-state index in [9.17, 15) is 8.78 Å². The van der Waals surface area contributed by atoms with E-state index in [1.165, 1.54) is 17.7 Å². The van der Waals surface area contributed by atoms with Crippen LogP contribution >= 0.6 is 0 Å². The molecule has 0 aliphatic carbocycles. The molecule has 112 valence electrons. The summed E-state index contributed by atoms with van der Waals surface area (Å²) in [4.78, 5) is 0. The van der Waals surface area contributed by atoms with Crippen molar-refractivity contribution < 1.29 is 8.78 Å². The Kier molecular flexibility index (Phi) is 5.45. The third-order valence-electron chi connectivity index (χ3n) is 3.77. The largest absolute Gasteiger partial charge is 0.330 e. The minimum atomic E-state index is -0.814. The first-order valence-electron chi connectivity index (χ1n) is 7.34. The summed E-state index contributed by atoms with van der Waals surface area (Å²) in [5, 5.41) is 0. The first-order chi connectivity index (χ1) is 10.1. The molecule has 0 radical (unpaired) electrons. The van der Waals surface area contributed by atoms with Gasteiger partial charge in [0.1, 0.15) is 0 Å². The summed E-state index contributed by atoms with van der Waals surface area (Å²) in [6.45, 7) is 2.92. The number of rotatable bonds is 6. The lowest BCUT2D eigenvalue weighted by molar-refractivity contribution is 0.500. The number of benzene rings is 2. The van der Waals surface area contributed by atoms with Gasteiger partial charge in [-0.05, 0) is 60.5 Å². The maximum absolute atomic E-state index is 13.3. The van der Waals surface area contributed by atoms with E-state index in [1.54, 1.807) is 6.07 Å². The number of hydrogen-bond donors (Lipinski definition) is 1. The van der Waals surface area contributed by atoms with Gasteiger partial charge in [-0.3, -0.25) is 0 Å². The summed E-state index contributed by atoms with van der Waals surface area (Å²) in [7, 11) is 0. The van der Waals surface area contributed by atoms with Gasteiger partial charge < -0.3 is 5.73 Å². The Morgan fingerprint density at radius 3 is 2.43 bits per heavy atom. The molecule has 2 aromatic rings. The van der Waals surface area contributed by atoms with Gasteiger partial charge in [0.05, 0.1) is 0 Å². The van der Waals surface area contributed by atoms with Gasteiger partial charge in [-0.1, -0.05) is 37.3 Å². The minimum absolute atomic E-state index is 0.599. The number of aryl methyl sites for hydroxylation is 1. The van der Waals surface area contributed by atoms with Crippen LogP contribution in [0.4, 0.5) is 8.78 Å². The van der Waals surface area contributed by atoms with Crippen molar-refractivity contribution in [3.05, 3.63) is 59.7 Å². The molecular weight excluding hydrogens is 268 g/mol. The van der Waals surface area contributed by atoms with Crippen molar-refractivity contribution in [1.82, 2.24) is 0 Å². The fraction of sp³-hybridized carbons (Fsp3) is 0.333. The Morgan fingerprint density at radius 1 is 0.952 bits per heavy atom. The molecule has 0 aromatic heterocycles. The number of nitrogens with two attached hydrogens (primary N) is 1. The van der Waals surface area contributed by atoms with Crippen molar-refractivity contribution in [3.63, 3.8) is 0 Å². The molecule has 0 fully saturated rings. The average molecular weight is 289 g/mol. The zero-order valence-corrected chi connectivity index (χ0v) is 12.3. The van der Waals surface area contributed by atoms with Crippen molar-refractivity contribution in [3.8, 4) is 11.1 Å². The van der Waals surface area contributed by atoms with Crippen LogP contribution in [0.25, 0.3) is 11.1 Å². The molecular formula is C18H21F2N. The summed E-state index contributed by atoms with van der Waals surface area (Å²) in [5.41, 5.74) is 8.38. The standard InChI is InChI=1S/C18H21F2N/c1-13(9-10-21)5-6-14-3-2-4-15(11-14)16-7-8-17(19)18(20)12-16/h2-4,7-8,11-13H,5-6,9-10,21H2,1H3. The highest BCUT2D eigenvalue weighted by atomic mass is 19.2. The topological polar surface area (TPSA) is 26.0 Å². The van der Waals surface area contributed by atoms with E-state index in [1.807, 2.05) is 18.2 Å². The second kappa shape index (κ2) is 7.32. The van der Waals surface area contributed by atoms with Crippen LogP contribution in [0.1, 0.15) is 25.3 Å². The van der Waals surface area contributed by atoms with Crippen LogP contribution < -0.4 is 5.73 Å². The average Bonchev–Trinajstić information content (AvgIpc) is 2.49. The first kappa shape index (κ1) is 15.6. The van der Waals surface area contributed by atoms with Gasteiger partial charge >= 0.3 is 0 Å². The Hall–Kier alpha value is -1.74. The van der Waals surface area contributed by atoms with Gasteiger partial charge in [0, 0.05) is 0 Å². The maximum atomic E-state index is 13.3. The SMILES string of the molecule is CC(CCN)CCc1cccc(-c2ccc(F)c(F)c2)c1. The number of halogens is 2. The predicted octanol–water partition coefficient (Wildman–Crippen LogP) is 4.55. The molecule has 1 unspecified atom stereocenters. The third-order valence-corrected chi connectivity index (χ3v) is 3.77. The van der Waals surface area contributed by atoms with Gasteiger partial charge in [-0.25, -0.2) is 8.78 Å². The second-order valence-corrected chi connectivity index (χ2v) is 5.55. The summed E-state index contributed by atoms with van der Waals surface area (Å²) >= 11 is 0. The van der Waals surface area contributed by atoms with Crippen LogP contribution in [-0.2, 0) is 6.42 Å². The lowest BCUT2D eigenvalue weighted by Crippen LogP contribution is -2.06. The molecule has 1 atom stereocenters. The zero-order valence-electron chi connectivity index (χ0n) is 12.3. The molecule has 0 aliphatic heterocycles. The van der Waals surface area contributed by atoms with E-state index in [-0.39, 0.29) is 0 Å². The summed E-state index contributed by atoms with van der Waals surface area (Å²) in [6, 6.07) is 12.0. The highest BCUT2D eigenvalue weighted by Gasteiger charge is 2.06. The fourth-order valence-electron chi connectivity index (χ4n) is 2.42. The minimum Gasteiger partial charge on any atom is -0.330 e. The molecule has 2 rings (SSSR count). The van der Waals surface area contributed by atoms with Gasteiger partial charge in [-0.15, -0.1) is 0 Å². The Balaban J connectivity index is 2.11. The van der Waals surface area contributed by atoms with Gasteiger partial charge in [0.2, 0.25) is 0 Å². The fourth-order valence-corrected chi connectivity index (χ4v) is 2.42. The van der Waals surface area contributed by atoms with Crippen LogP contribution in [0, 0.1) is 17.6 Å². The summed E-state index contributed by atoms with van der Waals surface area (Å²) < 4.78 is 26.3. The highest BCUT2D eigenvalue weighted by Crippen LogP contribution is 2.23. The second-order valence-electron chi connectivity index (χ2n) is 5.55. The van der Waals surface area contributed by atoms with Crippen molar-refractivity contribution in [2.24, 2.45) is 11.7 Å². The van der Waals surface area contributed by atoms with Crippen LogP contribution in [0.3, 0.4) is 0 Å². The lowest BCUT2D eigenvalue weighted by Gasteiger charge is -2.10. The predicted molar refractivity (Wildman–Crippen MR) is 83.0 cm³/mol. The molecule has 0 heterocycles. The maximum Gasteiger partial charge on any atom is 0.159 e. The molecule has 2 aromatic carbocycles. The smallest absolute Gasteiger partial charge is 0.159 e. The van der Waals surface area contributed by atoms with Crippen molar-refractivity contribution in [2.45, 2.75) is 26.2 Å². The first-order valence-corrected chi connectivity index (χ1v) is 7.34. The molecule has 0 spiro atoms. The van der Waals surface area contributed by atoms with Crippen LogP contribution in [0.2, 0.25) is 0 Å². The Morgan fingerprint density at radius 2 is 1.71 bits per heavy atom. The molecule has 0 saturated heterocycles. The summed E-state index contributed by atoms with van der Waals surface area (Å²) in [6.07, 6.45) is 3.08. The van der Waals surface area contributed by atoms with E-state index >= 15 is 0 Å². The molecule has 0 saturated carbocycles. The molecule has 1 nitrogen and oxygen atoms in total. The van der Waals surface area contributed by atoms with Crippen LogP contribution in [0.5, 0.6) is 0 Å². The molecule has 0 aliphatic rings. The van der Waals surface area contributed by atoms with Crippen molar-refractivity contribution in [2.75, 3.05) is 6.54 Å². The van der Waals surface area contributed by atoms with Crippen molar-refractivity contribution in [1.29, 1.82) is 0 Å². The lowest BCUT2D eigenvalue weighted by atomic mass is 9.96. The van der Waals surface area contributed by atoms with E-state index in [0.29, 0.717) is 11.5 Å². The summed E-state index contributed by atoms with van der Waals surface area (Å²) in [5.74, 6) is -1.03. The van der Waals surface area contributed by atoms with Crippen molar-refractivity contribution >= 4 is 0 Å². The molecule has 0 bridgehead atoms. The Bertz CT molecular complexity index is 596. The number of hydrogen-bond acceptors (Lipinski definition) is 1. The van der Waals surface area contributed by atoms with Gasteiger partial charge in [-0.2, -0.15) is 0 Å². The van der Waals surface area contributed by atoms with Crippen LogP contribution in [-0.4, -0.2) is 6.54 Å². The molecule has 0 amide bonds. The third kappa shape index (κ3) is 4.36. The van der Waals surface area contributed by atoms with E-state index < -0.39 is 11.6 Å². The Labute approximate surface area is 124 Å². The zero-order chi connectivity index (χ0) is 15.2. The van der Waals surface area contributed by atoms with Gasteiger partial charge in [0.15, 0.2) is 11.6 Å². The highest BCUT2D eigenvalue weighted by molar-refractivity contribution is 5.64. The molecule has 2 N–H and O–H groups in total. The molecule has 21 heavy (non-hydrogen) atoms. The van der Waals surface area contributed by atoms with E-state index in [2.05, 4.69) is 13.0 Å². The van der Waals surface area contributed by atoms with Crippen LogP contribution in [0.15, 0.2) is 42.5 Å². The molecule has 3 heteroatoms. The normalized spacial score (nSPS) is 12.4. The van der Waals surface area contributed by atoms with E-state index in [0.717, 1.165) is 31.4 Å². The van der Waals surface area contributed by atoms with Gasteiger partial charge in [0.25, 0.3) is 0 Å².